The van der Waals surface area contributed by atoms with Gasteiger partial charge in [-0.3, -0.25) is 9.40 Å². The molecular weight excluding hydrogens is 310 g/mol. The molecule has 0 saturated heterocycles. The summed E-state index contributed by atoms with van der Waals surface area (Å²) in [4.78, 5) is 1.17. The summed E-state index contributed by atoms with van der Waals surface area (Å²) in [7, 11) is -3.64. The summed E-state index contributed by atoms with van der Waals surface area (Å²) in [5.74, 6) is 0. The van der Waals surface area contributed by atoms with Crippen molar-refractivity contribution in [2.75, 3.05) is 17.6 Å². The summed E-state index contributed by atoms with van der Waals surface area (Å²) in [6.45, 7) is 0.524. The second kappa shape index (κ2) is 6.97. The van der Waals surface area contributed by atoms with Crippen LogP contribution in [-0.4, -0.2) is 36.2 Å². The maximum absolute atomic E-state index is 12.2. The zero-order chi connectivity index (χ0) is 15.3. The lowest BCUT2D eigenvalue weighted by molar-refractivity contribution is 0.277. The average Bonchev–Trinajstić information content (AvgIpc) is 2.95. The smallest absolute Gasteiger partial charge is 0.265 e. The molecule has 6 nitrogen and oxygen atoms in total. The fraction of sp³-hybridized carbons (Fsp3) is 0.308. The number of aliphatic hydroxyl groups is 1. The van der Waals surface area contributed by atoms with Crippen molar-refractivity contribution in [3.63, 3.8) is 0 Å². The molecule has 0 aliphatic rings. The quantitative estimate of drug-likeness (QED) is 0.758. The van der Waals surface area contributed by atoms with Gasteiger partial charge in [-0.05, 0) is 36.9 Å². The van der Waals surface area contributed by atoms with Crippen molar-refractivity contribution in [1.29, 1.82) is 0 Å². The number of nitrogens with one attached hydrogen (secondary N) is 1. The van der Waals surface area contributed by atoms with E-state index in [4.69, 9.17) is 5.11 Å². The number of hydrogen-bond donors (Lipinski definition) is 2. The van der Waals surface area contributed by atoms with Gasteiger partial charge in [-0.15, -0.1) is 11.8 Å². The van der Waals surface area contributed by atoms with Gasteiger partial charge in [0.05, 0.1) is 6.20 Å². The minimum absolute atomic E-state index is 0.0436. The number of aromatic nitrogens is 2. The third kappa shape index (κ3) is 4.23. The molecule has 114 valence electrons. The molecule has 1 heterocycles. The van der Waals surface area contributed by atoms with E-state index in [2.05, 4.69) is 9.82 Å². The SMILES string of the molecule is CSc1ccc(NS(=O)(=O)c2cnn(CCCO)c2)cc1. The van der Waals surface area contributed by atoms with E-state index in [1.165, 1.54) is 17.1 Å². The molecule has 0 bridgehead atoms. The molecule has 8 heteroatoms. The first-order chi connectivity index (χ1) is 10.0. The Morgan fingerprint density at radius 3 is 2.67 bits per heavy atom. The van der Waals surface area contributed by atoms with E-state index in [1.807, 2.05) is 18.4 Å². The van der Waals surface area contributed by atoms with Gasteiger partial charge in [0.1, 0.15) is 4.90 Å². The topological polar surface area (TPSA) is 84.2 Å². The Hall–Kier alpha value is -1.51. The molecule has 2 rings (SSSR count). The van der Waals surface area contributed by atoms with Crippen LogP contribution in [0.1, 0.15) is 6.42 Å². The van der Waals surface area contributed by atoms with E-state index in [0.29, 0.717) is 18.7 Å². The fourth-order valence-corrected chi connectivity index (χ4v) is 3.13. The second-order valence-electron chi connectivity index (χ2n) is 4.35. The van der Waals surface area contributed by atoms with Crippen molar-refractivity contribution in [3.05, 3.63) is 36.7 Å². The number of sulfonamides is 1. The number of benzene rings is 1. The minimum atomic E-state index is -3.64. The molecule has 0 spiro atoms. The van der Waals surface area contributed by atoms with Crippen molar-refractivity contribution in [1.82, 2.24) is 9.78 Å². The standard InChI is InChI=1S/C13H17N3O3S2/c1-20-12-5-3-11(4-6-12)15-21(18,19)13-9-14-16(10-13)7-2-8-17/h3-6,9-10,15,17H,2,7-8H2,1H3. The molecule has 0 aliphatic carbocycles. The first-order valence-corrected chi connectivity index (χ1v) is 9.06. The normalized spacial score (nSPS) is 11.5. The molecule has 0 fully saturated rings. The summed E-state index contributed by atoms with van der Waals surface area (Å²) in [6, 6.07) is 7.15. The molecule has 2 aromatic rings. The number of thioether (sulfide) groups is 1. The Balaban J connectivity index is 2.11. The fourth-order valence-electron chi connectivity index (χ4n) is 1.71. The van der Waals surface area contributed by atoms with Crippen LogP contribution in [0.2, 0.25) is 0 Å². The Labute approximate surface area is 128 Å². The zero-order valence-electron chi connectivity index (χ0n) is 11.6. The Morgan fingerprint density at radius 2 is 2.05 bits per heavy atom. The van der Waals surface area contributed by atoms with Crippen LogP contribution in [0, 0.1) is 0 Å². The van der Waals surface area contributed by atoms with Gasteiger partial charge in [0, 0.05) is 29.9 Å². The van der Waals surface area contributed by atoms with E-state index >= 15 is 0 Å². The minimum Gasteiger partial charge on any atom is -0.396 e. The second-order valence-corrected chi connectivity index (χ2v) is 6.91. The third-order valence-corrected chi connectivity index (χ3v) is 4.89. The summed E-state index contributed by atoms with van der Waals surface area (Å²) < 4.78 is 28.5. The monoisotopic (exact) mass is 327 g/mol. The molecule has 0 radical (unpaired) electrons. The number of aliphatic hydroxyl groups excluding tert-OH is 1. The molecule has 0 aliphatic heterocycles. The molecule has 21 heavy (non-hydrogen) atoms. The Morgan fingerprint density at radius 1 is 1.33 bits per heavy atom. The van der Waals surface area contributed by atoms with Gasteiger partial charge in [0.2, 0.25) is 0 Å². The average molecular weight is 327 g/mol. The lowest BCUT2D eigenvalue weighted by Gasteiger charge is -2.06. The zero-order valence-corrected chi connectivity index (χ0v) is 13.2. The summed E-state index contributed by atoms with van der Waals surface area (Å²) in [5, 5.41) is 12.7. The van der Waals surface area contributed by atoms with Crippen LogP contribution in [0.25, 0.3) is 0 Å². The Bertz CT molecular complexity index is 681. The molecule has 1 aromatic carbocycles. The predicted molar refractivity (Wildman–Crippen MR) is 83.0 cm³/mol. The maximum atomic E-state index is 12.2. The lowest BCUT2D eigenvalue weighted by Crippen LogP contribution is -2.12. The van der Waals surface area contributed by atoms with Gasteiger partial charge in [-0.1, -0.05) is 0 Å². The largest absolute Gasteiger partial charge is 0.396 e. The van der Waals surface area contributed by atoms with Gasteiger partial charge in [-0.25, -0.2) is 8.42 Å². The predicted octanol–water partition coefficient (Wildman–Crippen LogP) is 1.79. The number of hydrogen-bond acceptors (Lipinski definition) is 5. The van der Waals surface area contributed by atoms with Gasteiger partial charge >= 0.3 is 0 Å². The highest BCUT2D eigenvalue weighted by molar-refractivity contribution is 7.98. The van der Waals surface area contributed by atoms with Crippen LogP contribution in [0.4, 0.5) is 5.69 Å². The number of anilines is 1. The van der Waals surface area contributed by atoms with Crippen molar-refractivity contribution in [3.8, 4) is 0 Å². The molecule has 0 saturated carbocycles. The summed E-state index contributed by atoms with van der Waals surface area (Å²) >= 11 is 1.59. The molecule has 2 N–H and O–H groups in total. The number of rotatable bonds is 7. The molecule has 0 unspecified atom stereocenters. The first-order valence-electron chi connectivity index (χ1n) is 6.35. The van der Waals surface area contributed by atoms with E-state index in [-0.39, 0.29) is 11.5 Å². The molecular formula is C13H17N3O3S2. The van der Waals surface area contributed by atoms with Crippen molar-refractivity contribution in [2.24, 2.45) is 0 Å². The highest BCUT2D eigenvalue weighted by Crippen LogP contribution is 2.20. The van der Waals surface area contributed by atoms with Crippen LogP contribution in [0.3, 0.4) is 0 Å². The molecule has 0 amide bonds. The van der Waals surface area contributed by atoms with Crippen molar-refractivity contribution < 1.29 is 13.5 Å². The van der Waals surface area contributed by atoms with Crippen LogP contribution in [0.15, 0.2) is 46.5 Å². The maximum Gasteiger partial charge on any atom is 0.265 e. The lowest BCUT2D eigenvalue weighted by atomic mass is 10.3. The van der Waals surface area contributed by atoms with E-state index < -0.39 is 10.0 Å². The highest BCUT2D eigenvalue weighted by Gasteiger charge is 2.16. The van der Waals surface area contributed by atoms with Crippen molar-refractivity contribution >= 4 is 27.5 Å². The van der Waals surface area contributed by atoms with Gasteiger partial charge in [0.25, 0.3) is 10.0 Å². The van der Waals surface area contributed by atoms with E-state index in [9.17, 15) is 8.42 Å². The van der Waals surface area contributed by atoms with Gasteiger partial charge < -0.3 is 5.11 Å². The Kier molecular flexibility index (Phi) is 5.27. The first kappa shape index (κ1) is 15.9. The summed E-state index contributed by atoms with van der Waals surface area (Å²) in [5.41, 5.74) is 0.510. The van der Waals surface area contributed by atoms with Crippen LogP contribution in [-0.2, 0) is 16.6 Å². The van der Waals surface area contributed by atoms with Crippen LogP contribution >= 0.6 is 11.8 Å². The third-order valence-electron chi connectivity index (χ3n) is 2.81. The van der Waals surface area contributed by atoms with Crippen LogP contribution < -0.4 is 4.72 Å². The highest BCUT2D eigenvalue weighted by atomic mass is 32.2. The van der Waals surface area contributed by atoms with Crippen LogP contribution in [0.5, 0.6) is 0 Å². The summed E-state index contributed by atoms with van der Waals surface area (Å²) in [6.07, 6.45) is 5.24. The number of aryl methyl sites for hydroxylation is 1. The van der Waals surface area contributed by atoms with E-state index in [0.717, 1.165) is 4.90 Å². The molecule has 1 aromatic heterocycles. The number of nitrogens with zero attached hydrogens (tertiary/aromatic N) is 2. The van der Waals surface area contributed by atoms with Gasteiger partial charge in [0.15, 0.2) is 0 Å². The van der Waals surface area contributed by atoms with Gasteiger partial charge in [-0.2, -0.15) is 5.10 Å². The van der Waals surface area contributed by atoms with Crippen molar-refractivity contribution in [2.45, 2.75) is 22.8 Å². The van der Waals surface area contributed by atoms with E-state index in [1.54, 1.807) is 23.9 Å². The molecule has 0 atom stereocenters.